The summed E-state index contributed by atoms with van der Waals surface area (Å²) >= 11 is 3.43. The highest BCUT2D eigenvalue weighted by molar-refractivity contribution is 9.10. The Morgan fingerprint density at radius 1 is 1.21 bits per heavy atom. The number of aromatic nitrogens is 2. The van der Waals surface area contributed by atoms with Crippen LogP contribution < -0.4 is 5.32 Å². The molecule has 1 atom stereocenters. The Morgan fingerprint density at radius 3 is 2.53 bits per heavy atom. The number of hydrogen-bond acceptors (Lipinski definition) is 2. The number of fused-ring (bicyclic) bond motifs is 1. The van der Waals surface area contributed by atoms with Crippen LogP contribution in [-0.2, 0) is 0 Å². The molecule has 1 aliphatic carbocycles. The lowest BCUT2D eigenvalue weighted by Crippen LogP contribution is -2.34. The predicted octanol–water partition coefficient (Wildman–Crippen LogP) is 4.22. The average Bonchev–Trinajstić information content (AvgIpc) is 2.96. The Hall–Kier alpha value is -0.720. The lowest BCUT2D eigenvalue weighted by molar-refractivity contribution is -0.171. The highest BCUT2D eigenvalue weighted by atomic mass is 79.9. The van der Waals surface area contributed by atoms with Crippen molar-refractivity contribution in [3.63, 3.8) is 0 Å². The van der Waals surface area contributed by atoms with Crippen molar-refractivity contribution in [1.29, 1.82) is 0 Å². The molecular formula is C12H15BrF3N3. The molecule has 106 valence electrons. The summed E-state index contributed by atoms with van der Waals surface area (Å²) in [6, 6.07) is -1.50. The SMILES string of the molecule is FC(F)(F)C1CCNc2c(Br)c(C3CCCC3)nn21. The zero-order valence-electron chi connectivity index (χ0n) is 10.3. The molecule has 1 fully saturated rings. The van der Waals surface area contributed by atoms with Crippen LogP contribution in [0.3, 0.4) is 0 Å². The van der Waals surface area contributed by atoms with Crippen LogP contribution in [0.15, 0.2) is 4.47 Å². The fourth-order valence-corrected chi connectivity index (χ4v) is 3.75. The number of nitrogens with zero attached hydrogens (tertiary/aromatic N) is 2. The van der Waals surface area contributed by atoms with Crippen LogP contribution in [0.2, 0.25) is 0 Å². The van der Waals surface area contributed by atoms with Crippen molar-refractivity contribution in [2.24, 2.45) is 0 Å². The highest BCUT2D eigenvalue weighted by Gasteiger charge is 2.45. The summed E-state index contributed by atoms with van der Waals surface area (Å²) in [5.74, 6) is 0.777. The Labute approximate surface area is 117 Å². The summed E-state index contributed by atoms with van der Waals surface area (Å²) in [5, 5.41) is 7.30. The van der Waals surface area contributed by atoms with Gasteiger partial charge in [-0.2, -0.15) is 18.3 Å². The Morgan fingerprint density at radius 2 is 1.89 bits per heavy atom. The van der Waals surface area contributed by atoms with Gasteiger partial charge in [0.2, 0.25) is 0 Å². The summed E-state index contributed by atoms with van der Waals surface area (Å²) in [7, 11) is 0. The highest BCUT2D eigenvalue weighted by Crippen LogP contribution is 2.45. The summed E-state index contributed by atoms with van der Waals surface area (Å²) in [6.45, 7) is 0.332. The molecule has 2 aliphatic rings. The third-order valence-corrected chi connectivity index (χ3v) is 4.78. The number of halogens is 4. The van der Waals surface area contributed by atoms with E-state index < -0.39 is 12.2 Å². The van der Waals surface area contributed by atoms with Crippen LogP contribution in [0.1, 0.15) is 49.8 Å². The molecule has 0 amide bonds. The number of rotatable bonds is 1. The molecule has 0 bridgehead atoms. The summed E-state index contributed by atoms with van der Waals surface area (Å²) in [4.78, 5) is 0. The first kappa shape index (κ1) is 13.3. The molecule has 7 heteroatoms. The molecule has 1 aromatic heterocycles. The van der Waals surface area contributed by atoms with Crippen LogP contribution in [-0.4, -0.2) is 22.5 Å². The second-order valence-corrected chi connectivity index (χ2v) is 6.04. The van der Waals surface area contributed by atoms with E-state index in [1.165, 1.54) is 0 Å². The van der Waals surface area contributed by atoms with Gasteiger partial charge >= 0.3 is 6.18 Å². The quantitative estimate of drug-likeness (QED) is 0.831. The van der Waals surface area contributed by atoms with Crippen LogP contribution in [0.5, 0.6) is 0 Å². The van der Waals surface area contributed by atoms with Gasteiger partial charge in [-0.1, -0.05) is 12.8 Å². The number of alkyl halides is 3. The van der Waals surface area contributed by atoms with E-state index in [0.717, 1.165) is 36.1 Å². The van der Waals surface area contributed by atoms with Gasteiger partial charge in [0.05, 0.1) is 10.2 Å². The third kappa shape index (κ3) is 2.26. The fraction of sp³-hybridized carbons (Fsp3) is 0.750. The van der Waals surface area contributed by atoms with Crippen molar-refractivity contribution >= 4 is 21.7 Å². The van der Waals surface area contributed by atoms with Crippen LogP contribution in [0, 0.1) is 0 Å². The van der Waals surface area contributed by atoms with Crippen LogP contribution >= 0.6 is 15.9 Å². The van der Waals surface area contributed by atoms with Crippen LogP contribution in [0.25, 0.3) is 0 Å². The van der Waals surface area contributed by atoms with Gasteiger partial charge in [0.1, 0.15) is 5.82 Å². The molecule has 1 aromatic rings. The van der Waals surface area contributed by atoms with Gasteiger partial charge in [0.15, 0.2) is 6.04 Å². The first-order valence-electron chi connectivity index (χ1n) is 6.57. The van der Waals surface area contributed by atoms with Gasteiger partial charge in [-0.25, -0.2) is 4.68 Å². The standard InChI is InChI=1S/C12H15BrF3N3/c13-9-10(7-3-1-2-4-7)18-19-8(12(14,15)16)5-6-17-11(9)19/h7-8,17H,1-6H2. The minimum Gasteiger partial charge on any atom is -0.369 e. The van der Waals surface area contributed by atoms with E-state index in [-0.39, 0.29) is 6.42 Å². The molecule has 3 nitrogen and oxygen atoms in total. The summed E-state index contributed by atoms with van der Waals surface area (Å²) in [6.07, 6.45) is 0.103. The maximum absolute atomic E-state index is 13.0. The van der Waals surface area contributed by atoms with Crippen molar-refractivity contribution in [3.8, 4) is 0 Å². The van der Waals surface area contributed by atoms with E-state index >= 15 is 0 Å². The molecule has 0 radical (unpaired) electrons. The Bertz CT molecular complexity index is 477. The maximum Gasteiger partial charge on any atom is 0.410 e. The summed E-state index contributed by atoms with van der Waals surface area (Å²) in [5.41, 5.74) is 0.788. The van der Waals surface area contributed by atoms with Crippen molar-refractivity contribution < 1.29 is 13.2 Å². The molecule has 0 aromatic carbocycles. The van der Waals surface area contributed by atoms with E-state index in [1.54, 1.807) is 0 Å². The fourth-order valence-electron chi connectivity index (χ4n) is 3.03. The monoisotopic (exact) mass is 337 g/mol. The topological polar surface area (TPSA) is 29.9 Å². The largest absolute Gasteiger partial charge is 0.410 e. The summed E-state index contributed by atoms with van der Waals surface area (Å²) < 4.78 is 40.9. The van der Waals surface area contributed by atoms with E-state index in [1.807, 2.05) is 0 Å². The van der Waals surface area contributed by atoms with Gasteiger partial charge in [-0.05, 0) is 35.2 Å². The molecule has 1 saturated carbocycles. The second kappa shape index (κ2) is 4.68. The Balaban J connectivity index is 2.01. The normalized spacial score (nSPS) is 24.3. The van der Waals surface area contributed by atoms with E-state index in [0.29, 0.717) is 22.8 Å². The van der Waals surface area contributed by atoms with Gasteiger partial charge in [0.25, 0.3) is 0 Å². The first-order valence-corrected chi connectivity index (χ1v) is 7.36. The van der Waals surface area contributed by atoms with Crippen molar-refractivity contribution in [3.05, 3.63) is 10.2 Å². The predicted molar refractivity (Wildman–Crippen MR) is 69.3 cm³/mol. The lowest BCUT2D eigenvalue weighted by atomic mass is 10.0. The lowest BCUT2D eigenvalue weighted by Gasteiger charge is -2.27. The molecule has 1 N–H and O–H groups in total. The smallest absolute Gasteiger partial charge is 0.369 e. The van der Waals surface area contributed by atoms with Crippen molar-refractivity contribution in [2.45, 2.75) is 50.2 Å². The van der Waals surface area contributed by atoms with Gasteiger partial charge in [0, 0.05) is 12.5 Å². The maximum atomic E-state index is 13.0. The third-order valence-electron chi connectivity index (χ3n) is 4.00. The molecular weight excluding hydrogens is 323 g/mol. The molecule has 0 spiro atoms. The zero-order chi connectivity index (χ0) is 13.6. The van der Waals surface area contributed by atoms with E-state index in [4.69, 9.17) is 0 Å². The molecule has 1 aliphatic heterocycles. The van der Waals surface area contributed by atoms with Gasteiger partial charge < -0.3 is 5.32 Å². The number of nitrogens with one attached hydrogen (secondary N) is 1. The zero-order valence-corrected chi connectivity index (χ0v) is 11.9. The van der Waals surface area contributed by atoms with Crippen molar-refractivity contribution in [1.82, 2.24) is 9.78 Å². The molecule has 1 unspecified atom stereocenters. The molecule has 3 rings (SSSR count). The number of anilines is 1. The van der Waals surface area contributed by atoms with E-state index in [2.05, 4.69) is 26.3 Å². The van der Waals surface area contributed by atoms with Crippen molar-refractivity contribution in [2.75, 3.05) is 11.9 Å². The second-order valence-electron chi connectivity index (χ2n) is 5.25. The van der Waals surface area contributed by atoms with Gasteiger partial charge in [-0.3, -0.25) is 0 Å². The van der Waals surface area contributed by atoms with Crippen LogP contribution in [0.4, 0.5) is 19.0 Å². The number of hydrogen-bond donors (Lipinski definition) is 1. The minimum atomic E-state index is -4.24. The average molecular weight is 338 g/mol. The molecule has 19 heavy (non-hydrogen) atoms. The van der Waals surface area contributed by atoms with E-state index in [9.17, 15) is 13.2 Å². The van der Waals surface area contributed by atoms with Gasteiger partial charge in [-0.15, -0.1) is 0 Å². The minimum absolute atomic E-state index is 0.0364. The molecule has 0 saturated heterocycles. The molecule has 2 heterocycles. The first-order chi connectivity index (χ1) is 8.98. The Kier molecular flexibility index (Phi) is 3.27.